The lowest BCUT2D eigenvalue weighted by atomic mass is 9.96. The van der Waals surface area contributed by atoms with Crippen LogP contribution in [0.2, 0.25) is 0 Å². The van der Waals surface area contributed by atoms with Crippen molar-refractivity contribution in [2.45, 2.75) is 32.0 Å². The SMILES string of the molecule is Cn1cc(-c2ccc(CNc3cc(-c4cnc5cc(OCCN6CCC(C)(F)CC6)ccn45)ncn3)cc2)cn1. The summed E-state index contributed by atoms with van der Waals surface area (Å²) in [7, 11) is 1.92. The van der Waals surface area contributed by atoms with Crippen molar-refractivity contribution in [2.75, 3.05) is 31.6 Å². The van der Waals surface area contributed by atoms with Gasteiger partial charge in [-0.05, 0) is 37.0 Å². The maximum Gasteiger partial charge on any atom is 0.140 e. The molecule has 9 nitrogen and oxygen atoms in total. The highest BCUT2D eigenvalue weighted by atomic mass is 19.1. The molecule has 1 aliphatic heterocycles. The lowest BCUT2D eigenvalue weighted by Gasteiger charge is -2.33. The van der Waals surface area contributed by atoms with E-state index in [0.29, 0.717) is 26.0 Å². The lowest BCUT2D eigenvalue weighted by molar-refractivity contribution is 0.0669. The Kier molecular flexibility index (Phi) is 7.17. The van der Waals surface area contributed by atoms with Crippen LogP contribution in [0.3, 0.4) is 0 Å². The Morgan fingerprint density at radius 3 is 2.60 bits per heavy atom. The maximum absolute atomic E-state index is 14.0. The van der Waals surface area contributed by atoms with Crippen molar-refractivity contribution >= 4 is 11.5 Å². The summed E-state index contributed by atoms with van der Waals surface area (Å²) in [6, 6.07) is 14.2. The Hall–Kier alpha value is -4.31. The second-order valence-electron chi connectivity index (χ2n) is 10.6. The van der Waals surface area contributed by atoms with Gasteiger partial charge in [-0.1, -0.05) is 24.3 Å². The number of anilines is 1. The van der Waals surface area contributed by atoms with Crippen LogP contribution in [-0.2, 0) is 13.6 Å². The van der Waals surface area contributed by atoms with Gasteiger partial charge < -0.3 is 10.1 Å². The molecule has 0 unspecified atom stereocenters. The molecular weight excluding hydrogens is 507 g/mol. The number of hydrogen-bond donors (Lipinski definition) is 1. The molecule has 10 heteroatoms. The number of halogens is 1. The number of alkyl halides is 1. The number of imidazole rings is 1. The van der Waals surface area contributed by atoms with Crippen molar-refractivity contribution in [1.29, 1.82) is 0 Å². The molecule has 5 aromatic rings. The fraction of sp³-hybridized carbons (Fsp3) is 0.333. The van der Waals surface area contributed by atoms with Crippen molar-refractivity contribution in [3.05, 3.63) is 79.1 Å². The topological polar surface area (TPSA) is 85.4 Å². The molecule has 6 rings (SSSR count). The van der Waals surface area contributed by atoms with E-state index in [1.54, 1.807) is 17.9 Å². The van der Waals surface area contributed by atoms with Gasteiger partial charge in [0.1, 0.15) is 35.8 Å². The van der Waals surface area contributed by atoms with Crippen LogP contribution < -0.4 is 10.1 Å². The minimum atomic E-state index is -1.03. The largest absolute Gasteiger partial charge is 0.492 e. The highest BCUT2D eigenvalue weighted by Gasteiger charge is 2.29. The monoisotopic (exact) mass is 540 g/mol. The fourth-order valence-corrected chi connectivity index (χ4v) is 4.95. The van der Waals surface area contributed by atoms with Gasteiger partial charge in [0.25, 0.3) is 0 Å². The number of aromatic nitrogens is 6. The molecule has 4 aromatic heterocycles. The molecule has 5 heterocycles. The van der Waals surface area contributed by atoms with Gasteiger partial charge in [0.15, 0.2) is 0 Å². The van der Waals surface area contributed by atoms with E-state index in [2.05, 4.69) is 54.5 Å². The molecule has 1 N–H and O–H groups in total. The van der Waals surface area contributed by atoms with Crippen LogP contribution in [-0.4, -0.2) is 65.9 Å². The number of likely N-dealkylation sites (tertiary alicyclic amines) is 1. The smallest absolute Gasteiger partial charge is 0.140 e. The van der Waals surface area contributed by atoms with E-state index < -0.39 is 5.67 Å². The molecular formula is C30H33FN8O. The summed E-state index contributed by atoms with van der Waals surface area (Å²) >= 11 is 0. The molecule has 206 valence electrons. The lowest BCUT2D eigenvalue weighted by Crippen LogP contribution is -2.41. The third-order valence-electron chi connectivity index (χ3n) is 7.45. The maximum atomic E-state index is 14.0. The van der Waals surface area contributed by atoms with Gasteiger partial charge in [0, 0.05) is 63.3 Å². The number of rotatable bonds is 9. The van der Waals surface area contributed by atoms with Crippen molar-refractivity contribution in [1.82, 2.24) is 34.0 Å². The highest BCUT2D eigenvalue weighted by Crippen LogP contribution is 2.26. The molecule has 1 aromatic carbocycles. The molecule has 0 radical (unpaired) electrons. The van der Waals surface area contributed by atoms with Gasteiger partial charge in [0.05, 0.1) is 23.8 Å². The standard InChI is InChI=1S/C30H33FN8O/c1-30(31)8-11-38(12-9-30)13-14-40-25-7-10-39-27(19-33-29(39)15-25)26-16-28(35-21-34-26)32-17-22-3-5-23(6-4-22)24-18-36-37(2)20-24/h3-7,10,15-16,18-21H,8-9,11-14,17H2,1-2H3,(H,32,34,35). The Morgan fingerprint density at radius 1 is 1.00 bits per heavy atom. The first-order chi connectivity index (χ1) is 19.4. The zero-order valence-electron chi connectivity index (χ0n) is 22.8. The average molecular weight is 541 g/mol. The van der Waals surface area contributed by atoms with E-state index in [4.69, 9.17) is 4.74 Å². The summed E-state index contributed by atoms with van der Waals surface area (Å²) in [5, 5.41) is 7.64. The second kappa shape index (κ2) is 11.1. The van der Waals surface area contributed by atoms with Gasteiger partial charge >= 0.3 is 0 Å². The summed E-state index contributed by atoms with van der Waals surface area (Å²) in [6.07, 6.45) is 10.3. The van der Waals surface area contributed by atoms with Crippen molar-refractivity contribution < 1.29 is 9.13 Å². The molecule has 0 aliphatic carbocycles. The molecule has 0 spiro atoms. The van der Waals surface area contributed by atoms with Crippen LogP contribution in [0.5, 0.6) is 5.75 Å². The number of aryl methyl sites for hydroxylation is 1. The highest BCUT2D eigenvalue weighted by molar-refractivity contribution is 5.64. The molecule has 40 heavy (non-hydrogen) atoms. The third kappa shape index (κ3) is 5.96. The van der Waals surface area contributed by atoms with Crippen molar-refractivity contribution in [3.8, 4) is 28.3 Å². The second-order valence-corrected chi connectivity index (χ2v) is 10.6. The van der Waals surface area contributed by atoms with Crippen molar-refractivity contribution in [2.24, 2.45) is 7.05 Å². The molecule has 0 amide bonds. The van der Waals surface area contributed by atoms with E-state index in [0.717, 1.165) is 64.9 Å². The first-order valence-electron chi connectivity index (χ1n) is 13.6. The molecule has 0 bridgehead atoms. The molecule has 1 aliphatic rings. The normalized spacial score (nSPS) is 15.4. The number of nitrogens with zero attached hydrogens (tertiary/aromatic N) is 7. The van der Waals surface area contributed by atoms with Crippen molar-refractivity contribution in [3.63, 3.8) is 0 Å². The first kappa shape index (κ1) is 25.9. The molecule has 0 atom stereocenters. The zero-order valence-corrected chi connectivity index (χ0v) is 22.8. The van der Waals surface area contributed by atoms with Gasteiger partial charge in [-0.2, -0.15) is 5.10 Å². The Bertz CT molecular complexity index is 1580. The molecule has 1 fully saturated rings. The van der Waals surface area contributed by atoms with E-state index in [-0.39, 0.29) is 0 Å². The summed E-state index contributed by atoms with van der Waals surface area (Å²) in [5.41, 5.74) is 4.77. The van der Waals surface area contributed by atoms with Crippen LogP contribution in [0.4, 0.5) is 10.2 Å². The number of hydrogen-bond acceptors (Lipinski definition) is 7. The van der Waals surface area contributed by atoms with Crippen LogP contribution in [0.1, 0.15) is 25.3 Å². The number of pyridine rings is 1. The number of benzene rings is 1. The first-order valence-corrected chi connectivity index (χ1v) is 13.6. The Labute approximate surface area is 232 Å². The summed E-state index contributed by atoms with van der Waals surface area (Å²) < 4.78 is 23.8. The molecule has 0 saturated carbocycles. The summed E-state index contributed by atoms with van der Waals surface area (Å²) in [5.74, 6) is 1.50. The van der Waals surface area contributed by atoms with Crippen LogP contribution >= 0.6 is 0 Å². The Morgan fingerprint density at radius 2 is 1.82 bits per heavy atom. The van der Waals surface area contributed by atoms with Gasteiger partial charge in [0.2, 0.25) is 0 Å². The van der Waals surface area contributed by atoms with E-state index in [1.807, 2.05) is 54.4 Å². The van der Waals surface area contributed by atoms with E-state index in [1.165, 1.54) is 0 Å². The number of fused-ring (bicyclic) bond motifs is 1. The number of nitrogens with one attached hydrogen (secondary N) is 1. The van der Waals surface area contributed by atoms with Crippen LogP contribution in [0.15, 0.2) is 73.6 Å². The minimum Gasteiger partial charge on any atom is -0.492 e. The van der Waals surface area contributed by atoms with E-state index >= 15 is 0 Å². The predicted molar refractivity (Wildman–Crippen MR) is 153 cm³/mol. The molecule has 1 saturated heterocycles. The number of ether oxygens (including phenoxy) is 1. The minimum absolute atomic E-state index is 0.555. The summed E-state index contributed by atoms with van der Waals surface area (Å²) in [6.45, 7) is 5.22. The summed E-state index contributed by atoms with van der Waals surface area (Å²) in [4.78, 5) is 15.7. The van der Waals surface area contributed by atoms with Gasteiger partial charge in [-0.3, -0.25) is 14.0 Å². The zero-order chi connectivity index (χ0) is 27.5. The van der Waals surface area contributed by atoms with Crippen LogP contribution in [0.25, 0.3) is 28.2 Å². The fourth-order valence-electron chi connectivity index (χ4n) is 4.95. The van der Waals surface area contributed by atoms with Gasteiger partial charge in [-0.15, -0.1) is 0 Å². The van der Waals surface area contributed by atoms with Gasteiger partial charge in [-0.25, -0.2) is 19.3 Å². The Balaban J connectivity index is 1.07. The predicted octanol–water partition coefficient (Wildman–Crippen LogP) is 5.01. The average Bonchev–Trinajstić information content (AvgIpc) is 3.59. The van der Waals surface area contributed by atoms with Crippen LogP contribution in [0, 0.1) is 0 Å². The third-order valence-corrected chi connectivity index (χ3v) is 7.45. The quantitative estimate of drug-likeness (QED) is 0.281. The number of piperidine rings is 1. The van der Waals surface area contributed by atoms with E-state index in [9.17, 15) is 4.39 Å².